The third-order valence-corrected chi connectivity index (χ3v) is 4.61. The van der Waals surface area contributed by atoms with E-state index in [9.17, 15) is 4.39 Å². The van der Waals surface area contributed by atoms with Gasteiger partial charge in [0.05, 0.1) is 4.47 Å². The number of hydrogen-bond donors (Lipinski definition) is 0. The SMILES string of the molecule is CC1CCc2ccccc2N1Cc1ccc(F)c(Br)c1. The fourth-order valence-corrected chi connectivity index (χ4v) is 3.26. The van der Waals surface area contributed by atoms with Crippen molar-refractivity contribution < 1.29 is 4.39 Å². The summed E-state index contributed by atoms with van der Waals surface area (Å²) < 4.78 is 13.9. The summed E-state index contributed by atoms with van der Waals surface area (Å²) in [7, 11) is 0. The molecule has 0 fully saturated rings. The zero-order chi connectivity index (χ0) is 14.1. The van der Waals surface area contributed by atoms with Gasteiger partial charge in [-0.05, 0) is 65.0 Å². The van der Waals surface area contributed by atoms with Gasteiger partial charge in [-0.1, -0.05) is 24.3 Å². The molecule has 0 spiro atoms. The van der Waals surface area contributed by atoms with E-state index in [0.29, 0.717) is 10.5 Å². The van der Waals surface area contributed by atoms with Crippen molar-refractivity contribution in [2.45, 2.75) is 32.4 Å². The minimum Gasteiger partial charge on any atom is -0.364 e. The van der Waals surface area contributed by atoms with E-state index in [2.05, 4.69) is 52.0 Å². The number of aryl methyl sites for hydroxylation is 1. The standard InChI is InChI=1S/C17H17BrFN/c1-12-6-8-14-4-2-3-5-17(14)20(12)11-13-7-9-16(19)15(18)10-13/h2-5,7,9-10,12H,6,8,11H2,1H3. The van der Waals surface area contributed by atoms with Crippen LogP contribution in [0.3, 0.4) is 0 Å². The Kier molecular flexibility index (Phi) is 3.79. The minimum absolute atomic E-state index is 0.208. The smallest absolute Gasteiger partial charge is 0.137 e. The molecule has 1 nitrogen and oxygen atoms in total. The summed E-state index contributed by atoms with van der Waals surface area (Å²) in [5.74, 6) is -0.208. The summed E-state index contributed by atoms with van der Waals surface area (Å²) in [6, 6.07) is 14.3. The Balaban J connectivity index is 1.91. The lowest BCUT2D eigenvalue weighted by Gasteiger charge is -2.37. The molecule has 1 unspecified atom stereocenters. The van der Waals surface area contributed by atoms with Gasteiger partial charge in [-0.3, -0.25) is 0 Å². The molecular weight excluding hydrogens is 317 g/mol. The Hall–Kier alpha value is -1.35. The Bertz CT molecular complexity index is 626. The lowest BCUT2D eigenvalue weighted by molar-refractivity contribution is 0.559. The van der Waals surface area contributed by atoms with Crippen molar-refractivity contribution in [1.29, 1.82) is 0 Å². The van der Waals surface area contributed by atoms with E-state index in [-0.39, 0.29) is 5.82 Å². The topological polar surface area (TPSA) is 3.24 Å². The van der Waals surface area contributed by atoms with Crippen molar-refractivity contribution in [3.05, 3.63) is 63.9 Å². The predicted octanol–water partition coefficient (Wildman–Crippen LogP) is 4.93. The number of anilines is 1. The van der Waals surface area contributed by atoms with Crippen LogP contribution in [0.15, 0.2) is 46.9 Å². The van der Waals surface area contributed by atoms with Crippen LogP contribution in [-0.4, -0.2) is 6.04 Å². The molecule has 1 heterocycles. The van der Waals surface area contributed by atoms with Gasteiger partial charge in [-0.2, -0.15) is 0 Å². The van der Waals surface area contributed by atoms with Crippen molar-refractivity contribution in [3.63, 3.8) is 0 Å². The van der Waals surface area contributed by atoms with E-state index < -0.39 is 0 Å². The van der Waals surface area contributed by atoms with Crippen LogP contribution in [0.1, 0.15) is 24.5 Å². The van der Waals surface area contributed by atoms with Gasteiger partial charge < -0.3 is 4.90 Å². The van der Waals surface area contributed by atoms with E-state index in [1.54, 1.807) is 0 Å². The maximum absolute atomic E-state index is 13.3. The molecule has 0 saturated carbocycles. The number of benzene rings is 2. The van der Waals surface area contributed by atoms with Crippen LogP contribution < -0.4 is 4.90 Å². The molecule has 0 N–H and O–H groups in total. The van der Waals surface area contributed by atoms with E-state index in [0.717, 1.165) is 18.5 Å². The highest BCUT2D eigenvalue weighted by molar-refractivity contribution is 9.10. The van der Waals surface area contributed by atoms with E-state index >= 15 is 0 Å². The monoisotopic (exact) mass is 333 g/mol. The molecule has 0 aliphatic carbocycles. The average Bonchev–Trinajstić information content (AvgIpc) is 2.46. The van der Waals surface area contributed by atoms with Crippen molar-refractivity contribution in [2.24, 2.45) is 0 Å². The summed E-state index contributed by atoms with van der Waals surface area (Å²) in [6.07, 6.45) is 2.31. The predicted molar refractivity (Wildman–Crippen MR) is 84.5 cm³/mol. The first-order valence-corrected chi connectivity index (χ1v) is 7.73. The summed E-state index contributed by atoms with van der Waals surface area (Å²) in [4.78, 5) is 2.42. The van der Waals surface area contributed by atoms with Crippen LogP contribution in [0.5, 0.6) is 0 Å². The summed E-state index contributed by atoms with van der Waals surface area (Å²) in [5.41, 5.74) is 3.85. The molecule has 1 atom stereocenters. The fraction of sp³-hybridized carbons (Fsp3) is 0.294. The fourth-order valence-electron chi connectivity index (χ4n) is 2.84. The normalized spacial score (nSPS) is 17.9. The van der Waals surface area contributed by atoms with Gasteiger partial charge in [0.2, 0.25) is 0 Å². The molecule has 1 aliphatic heterocycles. The average molecular weight is 334 g/mol. The third-order valence-electron chi connectivity index (χ3n) is 4.00. The Labute approximate surface area is 127 Å². The molecule has 2 aromatic carbocycles. The number of halogens is 2. The van der Waals surface area contributed by atoms with Crippen LogP contribution in [0, 0.1) is 5.82 Å². The van der Waals surface area contributed by atoms with Crippen LogP contribution >= 0.6 is 15.9 Å². The van der Waals surface area contributed by atoms with Gasteiger partial charge in [0.25, 0.3) is 0 Å². The Morgan fingerprint density at radius 1 is 1.25 bits per heavy atom. The van der Waals surface area contributed by atoms with Gasteiger partial charge in [-0.25, -0.2) is 4.39 Å². The number of para-hydroxylation sites is 1. The maximum atomic E-state index is 13.3. The van der Waals surface area contributed by atoms with Gasteiger partial charge in [0.1, 0.15) is 5.82 Å². The summed E-state index contributed by atoms with van der Waals surface area (Å²) in [6.45, 7) is 3.07. The van der Waals surface area contributed by atoms with Gasteiger partial charge >= 0.3 is 0 Å². The first kappa shape index (κ1) is 13.6. The highest BCUT2D eigenvalue weighted by atomic mass is 79.9. The zero-order valence-electron chi connectivity index (χ0n) is 11.4. The second-order valence-corrected chi connectivity index (χ2v) is 6.25. The first-order valence-electron chi connectivity index (χ1n) is 6.93. The van der Waals surface area contributed by atoms with Crippen LogP contribution in [0.2, 0.25) is 0 Å². The Morgan fingerprint density at radius 2 is 2.05 bits per heavy atom. The molecule has 0 bridgehead atoms. The van der Waals surface area contributed by atoms with Crippen molar-refractivity contribution in [2.75, 3.05) is 4.90 Å². The molecule has 0 amide bonds. The quantitative estimate of drug-likeness (QED) is 0.753. The first-order chi connectivity index (χ1) is 9.65. The second kappa shape index (κ2) is 5.57. The maximum Gasteiger partial charge on any atom is 0.137 e. The molecule has 0 aromatic heterocycles. The molecule has 3 heteroatoms. The number of hydrogen-bond acceptors (Lipinski definition) is 1. The molecule has 2 aromatic rings. The molecule has 104 valence electrons. The largest absolute Gasteiger partial charge is 0.364 e. The van der Waals surface area contributed by atoms with Gasteiger partial charge in [0, 0.05) is 18.3 Å². The molecule has 0 saturated heterocycles. The Morgan fingerprint density at radius 3 is 2.85 bits per heavy atom. The van der Waals surface area contributed by atoms with Crippen LogP contribution in [0.25, 0.3) is 0 Å². The highest BCUT2D eigenvalue weighted by Gasteiger charge is 2.22. The lowest BCUT2D eigenvalue weighted by Crippen LogP contribution is -2.36. The van der Waals surface area contributed by atoms with Crippen LogP contribution in [0.4, 0.5) is 10.1 Å². The van der Waals surface area contributed by atoms with Crippen LogP contribution in [-0.2, 0) is 13.0 Å². The van der Waals surface area contributed by atoms with Crippen molar-refractivity contribution in [1.82, 2.24) is 0 Å². The second-order valence-electron chi connectivity index (χ2n) is 5.39. The summed E-state index contributed by atoms with van der Waals surface area (Å²) in [5, 5.41) is 0. The van der Waals surface area contributed by atoms with Gasteiger partial charge in [0.15, 0.2) is 0 Å². The third kappa shape index (κ3) is 2.59. The zero-order valence-corrected chi connectivity index (χ0v) is 13.0. The molecular formula is C17H17BrFN. The van der Waals surface area contributed by atoms with Crippen molar-refractivity contribution >= 4 is 21.6 Å². The molecule has 20 heavy (non-hydrogen) atoms. The number of fused-ring (bicyclic) bond motifs is 1. The minimum atomic E-state index is -0.208. The number of nitrogens with zero attached hydrogens (tertiary/aromatic N) is 1. The molecule has 3 rings (SSSR count). The molecule has 0 radical (unpaired) electrons. The van der Waals surface area contributed by atoms with E-state index in [1.807, 2.05) is 12.1 Å². The highest BCUT2D eigenvalue weighted by Crippen LogP contribution is 2.32. The van der Waals surface area contributed by atoms with Crippen molar-refractivity contribution in [3.8, 4) is 0 Å². The molecule has 1 aliphatic rings. The van der Waals surface area contributed by atoms with E-state index in [4.69, 9.17) is 0 Å². The lowest BCUT2D eigenvalue weighted by atomic mass is 9.96. The number of rotatable bonds is 2. The van der Waals surface area contributed by atoms with Gasteiger partial charge in [-0.15, -0.1) is 0 Å². The van der Waals surface area contributed by atoms with E-state index in [1.165, 1.54) is 23.7 Å². The summed E-state index contributed by atoms with van der Waals surface area (Å²) >= 11 is 3.26.